The number of nitrogens with zero attached hydrogens (tertiary/aromatic N) is 1. The fourth-order valence-electron chi connectivity index (χ4n) is 2.70. The summed E-state index contributed by atoms with van der Waals surface area (Å²) in [6.07, 6.45) is 2.11. The van der Waals surface area contributed by atoms with Crippen molar-refractivity contribution in [3.05, 3.63) is 59.8 Å². The Labute approximate surface area is 125 Å². The largest absolute Gasteiger partial charge is 0.371 e. The first kappa shape index (κ1) is 16.6. The third-order valence-electron chi connectivity index (χ3n) is 4.11. The normalized spacial score (nSPS) is 13.7. The van der Waals surface area contributed by atoms with Gasteiger partial charge in [-0.25, -0.2) is 0 Å². The lowest BCUT2D eigenvalue weighted by molar-refractivity contribution is 0.298. The number of hydrogen-bond donors (Lipinski definition) is 0. The minimum Gasteiger partial charge on any atom is -0.371 e. The van der Waals surface area contributed by atoms with Crippen molar-refractivity contribution in [2.75, 3.05) is 7.05 Å². The van der Waals surface area contributed by atoms with Crippen LogP contribution in [0.15, 0.2) is 48.7 Å². The lowest BCUT2D eigenvalue weighted by Crippen LogP contribution is -2.33. The van der Waals surface area contributed by atoms with Crippen LogP contribution in [0.3, 0.4) is 0 Å². The molecule has 1 aromatic rings. The van der Waals surface area contributed by atoms with Gasteiger partial charge in [0.25, 0.3) is 0 Å². The summed E-state index contributed by atoms with van der Waals surface area (Å²) in [6.45, 7) is 17.1. The van der Waals surface area contributed by atoms with E-state index in [1.54, 1.807) is 0 Å². The van der Waals surface area contributed by atoms with E-state index in [1.165, 1.54) is 22.4 Å². The topological polar surface area (TPSA) is 3.24 Å². The zero-order chi connectivity index (χ0) is 15.3. The molecule has 1 nitrogen and oxygen atoms in total. The number of likely N-dealkylation sites (N-methyl/N-ethyl adjacent to an activating group) is 1. The molecule has 0 saturated heterocycles. The lowest BCUT2D eigenvalue weighted by Gasteiger charge is -2.34. The number of aryl methyl sites for hydroxylation is 1. The third kappa shape index (κ3) is 4.26. The maximum Gasteiger partial charge on any atom is 0.0488 e. The van der Waals surface area contributed by atoms with Crippen LogP contribution in [0.2, 0.25) is 0 Å². The molecule has 0 radical (unpaired) electrons. The van der Waals surface area contributed by atoms with E-state index < -0.39 is 0 Å². The number of benzene rings is 1. The number of allylic oxidation sites excluding steroid dienone is 1. The highest BCUT2D eigenvalue weighted by Gasteiger charge is 2.18. The Hall–Kier alpha value is -1.50. The van der Waals surface area contributed by atoms with Gasteiger partial charge >= 0.3 is 0 Å². The fraction of sp³-hybridized carbons (Fsp3) is 0.474. The molecule has 20 heavy (non-hydrogen) atoms. The molecule has 0 aliphatic carbocycles. The monoisotopic (exact) mass is 271 g/mol. The smallest absolute Gasteiger partial charge is 0.0488 e. The molecule has 1 aromatic carbocycles. The molecule has 0 fully saturated rings. The van der Waals surface area contributed by atoms with Gasteiger partial charge < -0.3 is 4.90 Å². The molecule has 1 heteroatoms. The maximum absolute atomic E-state index is 4.30. The summed E-state index contributed by atoms with van der Waals surface area (Å²) in [5.74, 6) is 0.441. The summed E-state index contributed by atoms with van der Waals surface area (Å²) in [5, 5.41) is 0. The van der Waals surface area contributed by atoms with Gasteiger partial charge in [0.1, 0.15) is 0 Å². The first-order chi connectivity index (χ1) is 9.36. The van der Waals surface area contributed by atoms with Crippen LogP contribution in [-0.4, -0.2) is 18.0 Å². The molecule has 0 saturated carbocycles. The van der Waals surface area contributed by atoms with Crippen LogP contribution >= 0.6 is 0 Å². The molecule has 0 amide bonds. The van der Waals surface area contributed by atoms with Gasteiger partial charge in [-0.2, -0.15) is 0 Å². The first-order valence-corrected chi connectivity index (χ1v) is 7.49. The summed E-state index contributed by atoms with van der Waals surface area (Å²) in [7, 11) is 2.14. The van der Waals surface area contributed by atoms with Crippen molar-refractivity contribution in [2.45, 2.75) is 46.6 Å². The van der Waals surface area contributed by atoms with E-state index in [4.69, 9.17) is 0 Å². The summed E-state index contributed by atoms with van der Waals surface area (Å²) < 4.78 is 0. The number of rotatable bonds is 7. The van der Waals surface area contributed by atoms with Crippen LogP contribution in [-0.2, 0) is 6.42 Å². The predicted molar refractivity (Wildman–Crippen MR) is 89.8 cm³/mol. The Morgan fingerprint density at radius 3 is 2.20 bits per heavy atom. The predicted octanol–water partition coefficient (Wildman–Crippen LogP) is 4.97. The van der Waals surface area contributed by atoms with Crippen molar-refractivity contribution in [1.82, 2.24) is 4.90 Å². The second-order valence-electron chi connectivity index (χ2n) is 5.96. The molecule has 0 spiro atoms. The molecule has 110 valence electrons. The van der Waals surface area contributed by atoms with Crippen molar-refractivity contribution in [2.24, 2.45) is 5.92 Å². The Kier molecular flexibility index (Phi) is 6.06. The van der Waals surface area contributed by atoms with E-state index in [-0.39, 0.29) is 0 Å². The molecule has 0 aromatic heterocycles. The van der Waals surface area contributed by atoms with Gasteiger partial charge in [-0.1, -0.05) is 62.4 Å². The van der Waals surface area contributed by atoms with Crippen molar-refractivity contribution in [3.63, 3.8) is 0 Å². The van der Waals surface area contributed by atoms with E-state index in [2.05, 4.69) is 77.1 Å². The Morgan fingerprint density at radius 2 is 1.75 bits per heavy atom. The van der Waals surface area contributed by atoms with Gasteiger partial charge in [0.05, 0.1) is 0 Å². The molecule has 0 heterocycles. The molecule has 1 rings (SSSR count). The van der Waals surface area contributed by atoms with Gasteiger partial charge in [0.15, 0.2) is 0 Å². The van der Waals surface area contributed by atoms with Crippen molar-refractivity contribution < 1.29 is 0 Å². The van der Waals surface area contributed by atoms with Gasteiger partial charge in [0.2, 0.25) is 0 Å². The average Bonchev–Trinajstić information content (AvgIpc) is 2.40. The highest BCUT2D eigenvalue weighted by Crippen LogP contribution is 2.23. The number of hydrogen-bond acceptors (Lipinski definition) is 1. The van der Waals surface area contributed by atoms with E-state index >= 15 is 0 Å². The molecular weight excluding hydrogens is 242 g/mol. The Bertz CT molecular complexity index is 455. The van der Waals surface area contributed by atoms with Crippen LogP contribution in [0.4, 0.5) is 0 Å². The highest BCUT2D eigenvalue weighted by atomic mass is 15.1. The van der Waals surface area contributed by atoms with Crippen LogP contribution in [0.25, 0.3) is 0 Å². The quantitative estimate of drug-likeness (QED) is 0.633. The van der Waals surface area contributed by atoms with Crippen molar-refractivity contribution >= 4 is 0 Å². The Balaban J connectivity index is 2.71. The molecule has 2 atom stereocenters. The van der Waals surface area contributed by atoms with Gasteiger partial charge in [0, 0.05) is 18.8 Å². The maximum atomic E-state index is 4.30. The van der Waals surface area contributed by atoms with Crippen LogP contribution in [0.1, 0.15) is 38.3 Å². The average molecular weight is 271 g/mol. The van der Waals surface area contributed by atoms with Gasteiger partial charge in [-0.3, -0.25) is 0 Å². The van der Waals surface area contributed by atoms with E-state index in [9.17, 15) is 0 Å². The lowest BCUT2D eigenvalue weighted by atomic mass is 9.95. The summed E-state index contributed by atoms with van der Waals surface area (Å²) in [5.41, 5.74) is 5.09. The van der Waals surface area contributed by atoms with Crippen LogP contribution < -0.4 is 0 Å². The SMILES string of the molecule is C=C(C)C(CC)N(C)C(=C)C(C)Cc1ccc(C)cc1. The minimum absolute atomic E-state index is 0.392. The van der Waals surface area contributed by atoms with Crippen LogP contribution in [0, 0.1) is 12.8 Å². The summed E-state index contributed by atoms with van der Waals surface area (Å²) in [6, 6.07) is 9.18. The van der Waals surface area contributed by atoms with E-state index in [0.717, 1.165) is 12.8 Å². The Morgan fingerprint density at radius 1 is 1.20 bits per heavy atom. The van der Waals surface area contributed by atoms with Gasteiger partial charge in [-0.15, -0.1) is 0 Å². The third-order valence-corrected chi connectivity index (χ3v) is 4.11. The van der Waals surface area contributed by atoms with E-state index in [0.29, 0.717) is 12.0 Å². The highest BCUT2D eigenvalue weighted by molar-refractivity contribution is 5.23. The standard InChI is InChI=1S/C19H29N/c1-8-19(14(2)3)20(7)17(6)16(5)13-18-11-9-15(4)10-12-18/h9-12,16,19H,2,6,8,13H2,1,3-5,7H3. The van der Waals surface area contributed by atoms with Crippen LogP contribution in [0.5, 0.6) is 0 Å². The molecule has 2 unspecified atom stereocenters. The van der Waals surface area contributed by atoms with Gasteiger partial charge in [-0.05, 0) is 38.2 Å². The molecule has 0 bridgehead atoms. The molecule has 0 N–H and O–H groups in total. The molecule has 0 aliphatic heterocycles. The zero-order valence-electron chi connectivity index (χ0n) is 13.7. The second-order valence-corrected chi connectivity index (χ2v) is 5.96. The fourth-order valence-corrected chi connectivity index (χ4v) is 2.70. The second kappa shape index (κ2) is 7.33. The summed E-state index contributed by atoms with van der Waals surface area (Å²) in [4.78, 5) is 2.29. The zero-order valence-corrected chi connectivity index (χ0v) is 13.7. The van der Waals surface area contributed by atoms with E-state index in [1.807, 2.05) is 0 Å². The van der Waals surface area contributed by atoms with Crippen molar-refractivity contribution in [1.29, 1.82) is 0 Å². The summed E-state index contributed by atoms with van der Waals surface area (Å²) >= 11 is 0. The molecular formula is C19H29N. The molecule has 0 aliphatic rings. The first-order valence-electron chi connectivity index (χ1n) is 7.49. The van der Waals surface area contributed by atoms with Crippen molar-refractivity contribution in [3.8, 4) is 0 Å². The minimum atomic E-state index is 0.392.